The minimum atomic E-state index is -1.31. The summed E-state index contributed by atoms with van der Waals surface area (Å²) in [7, 11) is 0. The number of anilines is 1. The molecule has 0 aromatic heterocycles. The van der Waals surface area contributed by atoms with Crippen molar-refractivity contribution in [2.75, 3.05) is 18.5 Å². The average Bonchev–Trinajstić information content (AvgIpc) is 2.96. The smallest absolute Gasteiger partial charge is 0.339 e. The SMILES string of the molecule is CC/C=C\C/C=C\C/C=C\C/C=C\C/C=C\CCCCOCC(=O)NC(CC(C)C)C(=O)Nc1ccc(O)c(C(=O)O)c1. The van der Waals surface area contributed by atoms with E-state index in [0.29, 0.717) is 13.0 Å². The van der Waals surface area contributed by atoms with Crippen LogP contribution in [0.1, 0.15) is 88.9 Å². The van der Waals surface area contributed by atoms with Crippen molar-refractivity contribution in [3.63, 3.8) is 0 Å². The zero-order valence-electron chi connectivity index (χ0n) is 26.0. The number of rotatable bonds is 22. The molecule has 0 radical (unpaired) electrons. The van der Waals surface area contributed by atoms with Crippen LogP contribution < -0.4 is 10.6 Å². The fourth-order valence-electron chi connectivity index (χ4n) is 3.95. The van der Waals surface area contributed by atoms with Crippen LogP contribution in [0.25, 0.3) is 0 Å². The molecule has 0 heterocycles. The van der Waals surface area contributed by atoms with E-state index in [-0.39, 0.29) is 23.8 Å². The van der Waals surface area contributed by atoms with Crippen LogP contribution >= 0.6 is 0 Å². The summed E-state index contributed by atoms with van der Waals surface area (Å²) in [5.41, 5.74) is -0.107. The molecule has 0 saturated heterocycles. The first-order chi connectivity index (χ1) is 20.7. The van der Waals surface area contributed by atoms with Crippen molar-refractivity contribution in [2.24, 2.45) is 5.92 Å². The fourth-order valence-corrected chi connectivity index (χ4v) is 3.95. The predicted octanol–water partition coefficient (Wildman–Crippen LogP) is 7.50. The predicted molar refractivity (Wildman–Crippen MR) is 174 cm³/mol. The lowest BCUT2D eigenvalue weighted by atomic mass is 10.0. The molecule has 1 rings (SSSR count). The molecule has 0 spiro atoms. The molecule has 8 nitrogen and oxygen atoms in total. The molecule has 1 aromatic rings. The molecule has 0 aliphatic heterocycles. The zero-order valence-corrected chi connectivity index (χ0v) is 26.0. The monoisotopic (exact) mass is 594 g/mol. The molecule has 0 aliphatic carbocycles. The van der Waals surface area contributed by atoms with Crippen molar-refractivity contribution in [1.82, 2.24) is 5.32 Å². The van der Waals surface area contributed by atoms with E-state index in [2.05, 4.69) is 78.3 Å². The Morgan fingerprint density at radius 2 is 1.44 bits per heavy atom. The van der Waals surface area contributed by atoms with Gasteiger partial charge in [-0.1, -0.05) is 81.5 Å². The standard InChI is InChI=1S/C35H50N2O6/c1-4-5-6-7-8-9-10-11-12-13-14-15-16-17-18-19-20-21-24-43-27-33(39)37-31(25-28(2)3)34(40)36-29-22-23-32(38)30(26-29)35(41)42/h5-6,8-9,11-12,14-15,17-18,22-23,26,28,31,38H,4,7,10,13,16,19-21,24-25,27H2,1-3H3,(H,36,40)(H,37,39)(H,41,42)/b6-5-,9-8-,12-11-,15-14-,18-17-. The Morgan fingerprint density at radius 3 is 2.00 bits per heavy atom. The van der Waals surface area contributed by atoms with Gasteiger partial charge in [0.2, 0.25) is 11.8 Å². The normalized spacial score (nSPS) is 12.8. The number of unbranched alkanes of at least 4 members (excludes halogenated alkanes) is 2. The number of aromatic carboxylic acids is 1. The number of amides is 2. The Kier molecular flexibility index (Phi) is 20.4. The van der Waals surface area contributed by atoms with Crippen molar-refractivity contribution in [3.05, 3.63) is 84.5 Å². The Labute approximate surface area is 257 Å². The van der Waals surface area contributed by atoms with E-state index >= 15 is 0 Å². The van der Waals surface area contributed by atoms with Gasteiger partial charge in [0.15, 0.2) is 0 Å². The van der Waals surface area contributed by atoms with Crippen LogP contribution in [-0.2, 0) is 14.3 Å². The summed E-state index contributed by atoms with van der Waals surface area (Å²) in [5.74, 6) is -2.44. The van der Waals surface area contributed by atoms with Crippen LogP contribution in [-0.4, -0.2) is 47.3 Å². The van der Waals surface area contributed by atoms with Crippen LogP contribution in [0.5, 0.6) is 5.75 Å². The Hall–Kier alpha value is -3.91. The summed E-state index contributed by atoms with van der Waals surface area (Å²) < 4.78 is 5.50. The second kappa shape index (κ2) is 23.6. The molecule has 0 fully saturated rings. The molecule has 0 aliphatic rings. The largest absolute Gasteiger partial charge is 0.507 e. The van der Waals surface area contributed by atoms with Crippen LogP contribution in [0.2, 0.25) is 0 Å². The highest BCUT2D eigenvalue weighted by Gasteiger charge is 2.23. The molecule has 1 unspecified atom stereocenters. The highest BCUT2D eigenvalue weighted by atomic mass is 16.5. The number of allylic oxidation sites excluding steroid dienone is 10. The van der Waals surface area contributed by atoms with Gasteiger partial charge in [-0.05, 0) is 81.9 Å². The molecule has 1 aromatic carbocycles. The lowest BCUT2D eigenvalue weighted by molar-refractivity contribution is -0.130. The number of nitrogens with one attached hydrogen (secondary N) is 2. The zero-order chi connectivity index (χ0) is 31.7. The maximum Gasteiger partial charge on any atom is 0.339 e. The van der Waals surface area contributed by atoms with Crippen LogP contribution in [0.4, 0.5) is 5.69 Å². The molecule has 2 amide bonds. The van der Waals surface area contributed by atoms with E-state index in [9.17, 15) is 24.6 Å². The van der Waals surface area contributed by atoms with Crippen LogP contribution in [0.15, 0.2) is 79.0 Å². The van der Waals surface area contributed by atoms with Gasteiger partial charge in [0.25, 0.3) is 0 Å². The second-order valence-electron chi connectivity index (χ2n) is 10.5. The summed E-state index contributed by atoms with van der Waals surface area (Å²) in [6.45, 7) is 6.31. The number of carbonyl (C=O) groups is 3. The Balaban J connectivity index is 2.23. The number of aromatic hydroxyl groups is 1. The van der Waals surface area contributed by atoms with Gasteiger partial charge in [0.1, 0.15) is 24.0 Å². The maximum atomic E-state index is 12.8. The number of carboxylic acids is 1. The molecular formula is C35H50N2O6. The average molecular weight is 595 g/mol. The van der Waals surface area contributed by atoms with Gasteiger partial charge >= 0.3 is 5.97 Å². The molecular weight excluding hydrogens is 544 g/mol. The number of hydrogen-bond donors (Lipinski definition) is 4. The van der Waals surface area contributed by atoms with E-state index in [0.717, 1.165) is 51.4 Å². The van der Waals surface area contributed by atoms with Gasteiger partial charge in [0.05, 0.1) is 0 Å². The number of benzene rings is 1. The molecule has 0 saturated carbocycles. The molecule has 0 bridgehead atoms. The van der Waals surface area contributed by atoms with Crippen molar-refractivity contribution < 1.29 is 29.3 Å². The number of phenols is 1. The number of carboxylic acid groups (broad SMARTS) is 1. The lowest BCUT2D eigenvalue weighted by Gasteiger charge is -2.20. The first kappa shape index (κ1) is 37.1. The first-order valence-corrected chi connectivity index (χ1v) is 15.2. The summed E-state index contributed by atoms with van der Waals surface area (Å²) in [6, 6.07) is 2.96. The third-order valence-corrected chi connectivity index (χ3v) is 6.15. The van der Waals surface area contributed by atoms with Crippen molar-refractivity contribution >= 4 is 23.5 Å². The van der Waals surface area contributed by atoms with E-state index in [1.807, 2.05) is 13.8 Å². The quantitative estimate of drug-likeness (QED) is 0.0626. The van der Waals surface area contributed by atoms with Gasteiger partial charge in [-0.2, -0.15) is 0 Å². The van der Waals surface area contributed by atoms with E-state index < -0.39 is 29.6 Å². The van der Waals surface area contributed by atoms with Crippen molar-refractivity contribution in [3.8, 4) is 5.75 Å². The van der Waals surface area contributed by atoms with Gasteiger partial charge < -0.3 is 25.6 Å². The third kappa shape index (κ3) is 19.0. The molecule has 4 N–H and O–H groups in total. The molecule has 8 heteroatoms. The molecule has 236 valence electrons. The van der Waals surface area contributed by atoms with Crippen LogP contribution in [0.3, 0.4) is 0 Å². The summed E-state index contributed by atoms with van der Waals surface area (Å²) >= 11 is 0. The van der Waals surface area contributed by atoms with Gasteiger partial charge in [-0.25, -0.2) is 4.79 Å². The van der Waals surface area contributed by atoms with Crippen molar-refractivity contribution in [2.45, 2.75) is 84.6 Å². The minimum Gasteiger partial charge on any atom is -0.507 e. The van der Waals surface area contributed by atoms with E-state index in [1.165, 1.54) is 18.2 Å². The Bertz CT molecular complexity index is 1120. The number of hydrogen-bond acceptors (Lipinski definition) is 5. The number of carbonyl (C=O) groups excluding carboxylic acids is 2. The van der Waals surface area contributed by atoms with Crippen LogP contribution in [0, 0.1) is 5.92 Å². The van der Waals surface area contributed by atoms with Gasteiger partial charge in [-0.15, -0.1) is 0 Å². The maximum absolute atomic E-state index is 12.8. The summed E-state index contributed by atoms with van der Waals surface area (Å²) in [6.07, 6.45) is 29.8. The molecule has 43 heavy (non-hydrogen) atoms. The minimum absolute atomic E-state index is 0.127. The van der Waals surface area contributed by atoms with Gasteiger partial charge in [-0.3, -0.25) is 9.59 Å². The third-order valence-electron chi connectivity index (χ3n) is 6.15. The second-order valence-corrected chi connectivity index (χ2v) is 10.5. The summed E-state index contributed by atoms with van der Waals surface area (Å²) in [5, 5.41) is 24.2. The number of ether oxygens (including phenoxy) is 1. The Morgan fingerprint density at radius 1 is 0.860 bits per heavy atom. The highest BCUT2D eigenvalue weighted by molar-refractivity contribution is 5.99. The molecule has 1 atom stereocenters. The lowest BCUT2D eigenvalue weighted by Crippen LogP contribution is -2.45. The topological polar surface area (TPSA) is 125 Å². The highest BCUT2D eigenvalue weighted by Crippen LogP contribution is 2.22. The summed E-state index contributed by atoms with van der Waals surface area (Å²) in [4.78, 5) is 36.5. The fraction of sp³-hybridized carbons (Fsp3) is 0.457. The van der Waals surface area contributed by atoms with E-state index in [4.69, 9.17) is 4.74 Å². The first-order valence-electron chi connectivity index (χ1n) is 15.2. The van der Waals surface area contributed by atoms with E-state index in [1.54, 1.807) is 0 Å². The van der Waals surface area contributed by atoms with Gasteiger partial charge in [0, 0.05) is 12.3 Å². The van der Waals surface area contributed by atoms with Crippen molar-refractivity contribution in [1.29, 1.82) is 0 Å².